The van der Waals surface area contributed by atoms with E-state index in [0.717, 1.165) is 121 Å². The molecule has 91 heavy (non-hydrogen) atoms. The number of phosphoric acid groups is 2. The standard InChI is InChI=1S/C72H136O17P2/c1-6-9-12-15-17-19-21-23-25-26-27-29-31-33-38-42-47-52-57-72(77)89-68(62-83-70(75)56-51-46-41-37-32-30-28-24-22-20-18-16-13-10-7-2)64-87-91(80,81)85-60-66(73)59-84-90(78,79)86-63-67(61-82-69(74)55-50-44-14-11-8-3)88-71(76)58-53-48-43-39-35-34-36-40-45-49-54-65(4)5/h20,22,24,28,65-68,73H,6-19,21,23,25-27,29-64H2,1-5H3,(H,78,79)(H,80,81)/b22-20-,28-24-/t66-,67+,68+/m0/s1. The number of carbonyl (C=O) groups excluding carboxylic acids is 4. The highest BCUT2D eigenvalue weighted by Crippen LogP contribution is 2.45. The van der Waals surface area contributed by atoms with E-state index in [4.69, 9.17) is 37.0 Å². The number of aliphatic hydroxyl groups is 1. The summed E-state index contributed by atoms with van der Waals surface area (Å²) in [6.07, 6.45) is 55.3. The van der Waals surface area contributed by atoms with E-state index in [9.17, 15) is 43.2 Å². The Labute approximate surface area is 554 Å². The molecule has 5 atom stereocenters. The summed E-state index contributed by atoms with van der Waals surface area (Å²) in [6, 6.07) is 0. The predicted molar refractivity (Wildman–Crippen MR) is 368 cm³/mol. The van der Waals surface area contributed by atoms with E-state index in [1.807, 2.05) is 0 Å². The molecule has 0 aliphatic heterocycles. The molecule has 0 amide bonds. The Morgan fingerprint density at radius 2 is 0.593 bits per heavy atom. The molecule has 0 aliphatic rings. The van der Waals surface area contributed by atoms with Gasteiger partial charge in [0.05, 0.1) is 26.4 Å². The van der Waals surface area contributed by atoms with Gasteiger partial charge in [0.1, 0.15) is 19.3 Å². The largest absolute Gasteiger partial charge is 0.472 e. The Kier molecular flexibility index (Phi) is 63.1. The summed E-state index contributed by atoms with van der Waals surface area (Å²) in [5, 5.41) is 10.6. The second kappa shape index (κ2) is 64.9. The Morgan fingerprint density at radius 3 is 0.901 bits per heavy atom. The smallest absolute Gasteiger partial charge is 0.462 e. The zero-order valence-corrected chi connectivity index (χ0v) is 60.3. The first-order valence-electron chi connectivity index (χ1n) is 37.0. The number of rotatable bonds is 70. The minimum Gasteiger partial charge on any atom is -0.462 e. The van der Waals surface area contributed by atoms with Gasteiger partial charge in [0.2, 0.25) is 0 Å². The van der Waals surface area contributed by atoms with Gasteiger partial charge in [-0.3, -0.25) is 37.3 Å². The molecule has 2 unspecified atom stereocenters. The van der Waals surface area contributed by atoms with Crippen LogP contribution in [0.3, 0.4) is 0 Å². The van der Waals surface area contributed by atoms with E-state index in [2.05, 4.69) is 58.9 Å². The lowest BCUT2D eigenvalue weighted by Gasteiger charge is -2.21. The third-order valence-electron chi connectivity index (χ3n) is 16.2. The van der Waals surface area contributed by atoms with Crippen molar-refractivity contribution in [1.82, 2.24) is 0 Å². The number of hydrogen-bond acceptors (Lipinski definition) is 15. The van der Waals surface area contributed by atoms with Gasteiger partial charge < -0.3 is 33.8 Å². The third-order valence-corrected chi connectivity index (χ3v) is 18.1. The molecular formula is C72H136O17P2. The predicted octanol–water partition coefficient (Wildman–Crippen LogP) is 20.5. The summed E-state index contributed by atoms with van der Waals surface area (Å²) >= 11 is 0. The van der Waals surface area contributed by atoms with Crippen LogP contribution in [0.5, 0.6) is 0 Å². The fourth-order valence-electron chi connectivity index (χ4n) is 10.5. The number of hydrogen-bond donors (Lipinski definition) is 3. The summed E-state index contributed by atoms with van der Waals surface area (Å²) in [5.41, 5.74) is 0. The lowest BCUT2D eigenvalue weighted by atomic mass is 10.0. The second-order valence-corrected chi connectivity index (χ2v) is 28.7. The molecule has 536 valence electrons. The SMILES string of the molecule is CCCCCC/C=C\C=C/CCCCCCCC(=O)OC[C@H](COP(=O)(O)OC[C@@H](O)COP(=O)(O)OC[C@@H](COC(=O)CCCCCCC)OC(=O)CCCCCCCCCCCCC(C)C)OC(=O)CCCCCCCCCCCCCCCCCCCC. The van der Waals surface area contributed by atoms with Crippen LogP contribution in [0, 0.1) is 5.92 Å². The summed E-state index contributed by atoms with van der Waals surface area (Å²) < 4.78 is 68.1. The van der Waals surface area contributed by atoms with Crippen LogP contribution in [0.2, 0.25) is 0 Å². The van der Waals surface area contributed by atoms with Gasteiger partial charge in [0.25, 0.3) is 0 Å². The maximum Gasteiger partial charge on any atom is 0.472 e. The molecule has 0 spiro atoms. The molecule has 0 bridgehead atoms. The van der Waals surface area contributed by atoms with Crippen molar-refractivity contribution in [3.05, 3.63) is 24.3 Å². The zero-order valence-electron chi connectivity index (χ0n) is 58.5. The van der Waals surface area contributed by atoms with Crippen molar-refractivity contribution in [2.45, 2.75) is 368 Å². The van der Waals surface area contributed by atoms with Crippen molar-refractivity contribution in [1.29, 1.82) is 0 Å². The average Bonchev–Trinajstić information content (AvgIpc) is 3.74. The van der Waals surface area contributed by atoms with Gasteiger partial charge in [-0.25, -0.2) is 9.13 Å². The minimum atomic E-state index is -4.96. The maximum atomic E-state index is 13.0. The van der Waals surface area contributed by atoms with E-state index >= 15 is 0 Å². The monoisotopic (exact) mass is 1330 g/mol. The molecule has 0 rings (SSSR count). The van der Waals surface area contributed by atoms with Gasteiger partial charge >= 0.3 is 39.5 Å². The van der Waals surface area contributed by atoms with Crippen LogP contribution < -0.4 is 0 Å². The maximum absolute atomic E-state index is 13.0. The lowest BCUT2D eigenvalue weighted by Crippen LogP contribution is -2.30. The molecule has 0 heterocycles. The summed E-state index contributed by atoms with van der Waals surface area (Å²) in [5.74, 6) is -1.41. The topological polar surface area (TPSA) is 237 Å². The van der Waals surface area contributed by atoms with Crippen LogP contribution in [0.1, 0.15) is 349 Å². The van der Waals surface area contributed by atoms with Crippen LogP contribution >= 0.6 is 15.6 Å². The number of ether oxygens (including phenoxy) is 4. The zero-order chi connectivity index (χ0) is 67.0. The van der Waals surface area contributed by atoms with Gasteiger partial charge in [-0.05, 0) is 57.3 Å². The number of carbonyl (C=O) groups is 4. The van der Waals surface area contributed by atoms with Crippen molar-refractivity contribution in [2.24, 2.45) is 5.92 Å². The molecule has 0 saturated heterocycles. The van der Waals surface area contributed by atoms with Gasteiger partial charge in [-0.15, -0.1) is 0 Å². The van der Waals surface area contributed by atoms with Crippen LogP contribution in [-0.4, -0.2) is 96.7 Å². The van der Waals surface area contributed by atoms with E-state index in [1.165, 1.54) is 148 Å². The highest BCUT2D eigenvalue weighted by atomic mass is 31.2. The first-order valence-corrected chi connectivity index (χ1v) is 39.9. The van der Waals surface area contributed by atoms with E-state index in [-0.39, 0.29) is 25.7 Å². The van der Waals surface area contributed by atoms with E-state index < -0.39 is 97.5 Å². The van der Waals surface area contributed by atoms with Crippen molar-refractivity contribution in [3.8, 4) is 0 Å². The molecule has 3 N–H and O–H groups in total. The van der Waals surface area contributed by atoms with E-state index in [1.54, 1.807) is 0 Å². The highest BCUT2D eigenvalue weighted by Gasteiger charge is 2.30. The molecule has 0 aromatic carbocycles. The Morgan fingerprint density at radius 1 is 0.341 bits per heavy atom. The molecule has 0 aromatic heterocycles. The van der Waals surface area contributed by atoms with Crippen LogP contribution in [0.25, 0.3) is 0 Å². The fourth-order valence-corrected chi connectivity index (χ4v) is 12.0. The van der Waals surface area contributed by atoms with Crippen molar-refractivity contribution >= 4 is 39.5 Å². The van der Waals surface area contributed by atoms with Crippen molar-refractivity contribution in [3.63, 3.8) is 0 Å². The molecule has 0 aliphatic carbocycles. The van der Waals surface area contributed by atoms with Crippen molar-refractivity contribution in [2.75, 3.05) is 39.6 Å². The van der Waals surface area contributed by atoms with Gasteiger partial charge in [-0.1, -0.05) is 296 Å². The number of allylic oxidation sites excluding steroid dienone is 4. The minimum absolute atomic E-state index is 0.102. The first-order chi connectivity index (χ1) is 44.0. The molecule has 0 radical (unpaired) electrons. The third kappa shape index (κ3) is 66.0. The van der Waals surface area contributed by atoms with Crippen LogP contribution in [-0.2, 0) is 65.4 Å². The quantitative estimate of drug-likeness (QED) is 0.0169. The molecule has 19 heteroatoms. The van der Waals surface area contributed by atoms with Crippen LogP contribution in [0.15, 0.2) is 24.3 Å². The van der Waals surface area contributed by atoms with Gasteiger partial charge in [0, 0.05) is 25.7 Å². The Bertz CT molecular complexity index is 1850. The fraction of sp³-hybridized carbons (Fsp3) is 0.889. The number of aliphatic hydroxyl groups excluding tert-OH is 1. The highest BCUT2D eigenvalue weighted by molar-refractivity contribution is 7.47. The summed E-state index contributed by atoms with van der Waals surface area (Å²) in [6.45, 7) is 7.09. The normalized spacial score (nSPS) is 14.2. The van der Waals surface area contributed by atoms with Gasteiger partial charge in [-0.2, -0.15) is 0 Å². The van der Waals surface area contributed by atoms with E-state index in [0.29, 0.717) is 25.7 Å². The average molecular weight is 1340 g/mol. The molecule has 0 saturated carbocycles. The summed E-state index contributed by atoms with van der Waals surface area (Å²) in [4.78, 5) is 72.3. The van der Waals surface area contributed by atoms with Crippen LogP contribution in [0.4, 0.5) is 0 Å². The summed E-state index contributed by atoms with van der Waals surface area (Å²) in [7, 11) is -9.90. The molecule has 0 fully saturated rings. The number of phosphoric ester groups is 2. The number of esters is 4. The first kappa shape index (κ1) is 88.5. The molecule has 0 aromatic rings. The second-order valence-electron chi connectivity index (χ2n) is 25.8. The van der Waals surface area contributed by atoms with Gasteiger partial charge in [0.15, 0.2) is 12.2 Å². The Balaban J connectivity index is 5.19. The molecule has 17 nitrogen and oxygen atoms in total. The van der Waals surface area contributed by atoms with Crippen molar-refractivity contribution < 1.29 is 80.2 Å². The number of unbranched alkanes of at least 4 members (excludes halogenated alkanes) is 39. The Hall–Kier alpha value is -2.46. The molecular weight excluding hydrogens is 1200 g/mol. The lowest BCUT2D eigenvalue weighted by molar-refractivity contribution is -0.161.